The first kappa shape index (κ1) is 13.6. The standard InChI is InChI=1S/C14H19N5S/c1-18-8-3-2-4-12(18)10-20-14-6-5-13(16-17-14)19-9-7-15-11-19/h5-7,9,11-12H,2-4,8,10H2,1H3. The van der Waals surface area contributed by atoms with E-state index < -0.39 is 0 Å². The Labute approximate surface area is 123 Å². The van der Waals surface area contributed by atoms with Gasteiger partial charge in [0.15, 0.2) is 5.82 Å². The van der Waals surface area contributed by atoms with Gasteiger partial charge in [0.05, 0.1) is 0 Å². The maximum absolute atomic E-state index is 4.29. The van der Waals surface area contributed by atoms with Crippen LogP contribution in [0, 0.1) is 0 Å². The van der Waals surface area contributed by atoms with Crippen molar-refractivity contribution in [3.05, 3.63) is 30.9 Å². The topological polar surface area (TPSA) is 46.8 Å². The minimum Gasteiger partial charge on any atom is -0.303 e. The number of aromatic nitrogens is 4. The first-order valence-corrected chi connectivity index (χ1v) is 7.96. The van der Waals surface area contributed by atoms with Crippen LogP contribution in [-0.4, -0.2) is 50.0 Å². The summed E-state index contributed by atoms with van der Waals surface area (Å²) in [7, 11) is 2.22. The number of likely N-dealkylation sites (tertiary alicyclic amines) is 1. The van der Waals surface area contributed by atoms with Gasteiger partial charge in [0.2, 0.25) is 0 Å². The van der Waals surface area contributed by atoms with E-state index in [2.05, 4.69) is 27.1 Å². The molecule has 20 heavy (non-hydrogen) atoms. The highest BCUT2D eigenvalue weighted by Crippen LogP contribution is 2.23. The Hall–Kier alpha value is -1.40. The lowest BCUT2D eigenvalue weighted by molar-refractivity contribution is 0.204. The van der Waals surface area contributed by atoms with Crippen molar-refractivity contribution in [3.8, 4) is 5.82 Å². The molecule has 3 heterocycles. The van der Waals surface area contributed by atoms with Crippen molar-refractivity contribution in [1.82, 2.24) is 24.6 Å². The molecule has 1 saturated heterocycles. The summed E-state index contributed by atoms with van der Waals surface area (Å²) in [4.78, 5) is 6.47. The molecular weight excluding hydrogens is 270 g/mol. The van der Waals surface area contributed by atoms with Crippen LogP contribution < -0.4 is 0 Å². The van der Waals surface area contributed by atoms with E-state index in [-0.39, 0.29) is 0 Å². The van der Waals surface area contributed by atoms with Crippen molar-refractivity contribution in [2.75, 3.05) is 19.3 Å². The van der Waals surface area contributed by atoms with E-state index in [0.717, 1.165) is 16.6 Å². The molecule has 6 heteroatoms. The van der Waals surface area contributed by atoms with Crippen molar-refractivity contribution < 1.29 is 0 Å². The quantitative estimate of drug-likeness (QED) is 0.808. The molecule has 1 fully saturated rings. The number of nitrogens with zero attached hydrogens (tertiary/aromatic N) is 5. The van der Waals surface area contributed by atoms with E-state index in [1.165, 1.54) is 25.8 Å². The van der Waals surface area contributed by atoms with Gasteiger partial charge in [0, 0.05) is 24.2 Å². The molecule has 2 aromatic heterocycles. The summed E-state index contributed by atoms with van der Waals surface area (Å²) in [5, 5.41) is 9.53. The molecule has 5 nitrogen and oxygen atoms in total. The zero-order valence-corrected chi connectivity index (χ0v) is 12.5. The fraction of sp³-hybridized carbons (Fsp3) is 0.500. The number of hydrogen-bond acceptors (Lipinski definition) is 5. The fourth-order valence-corrected chi connectivity index (χ4v) is 3.51. The van der Waals surface area contributed by atoms with Gasteiger partial charge in [-0.2, -0.15) is 0 Å². The summed E-state index contributed by atoms with van der Waals surface area (Å²) in [6.07, 6.45) is 9.31. The smallest absolute Gasteiger partial charge is 0.160 e. The van der Waals surface area contributed by atoms with Crippen molar-refractivity contribution >= 4 is 11.8 Å². The summed E-state index contributed by atoms with van der Waals surface area (Å²) in [6.45, 7) is 1.22. The molecule has 1 aliphatic rings. The molecule has 0 bridgehead atoms. The summed E-state index contributed by atoms with van der Waals surface area (Å²) >= 11 is 1.80. The van der Waals surface area contributed by atoms with Crippen LogP contribution in [-0.2, 0) is 0 Å². The van der Waals surface area contributed by atoms with Crippen LogP contribution >= 0.6 is 11.8 Å². The summed E-state index contributed by atoms with van der Waals surface area (Å²) in [6, 6.07) is 4.70. The molecular formula is C14H19N5S. The van der Waals surface area contributed by atoms with Gasteiger partial charge < -0.3 is 4.90 Å². The molecule has 2 aromatic rings. The molecule has 3 rings (SSSR count). The molecule has 0 aliphatic carbocycles. The second kappa shape index (κ2) is 6.37. The third kappa shape index (κ3) is 3.19. The van der Waals surface area contributed by atoms with Gasteiger partial charge in [-0.3, -0.25) is 4.57 Å². The molecule has 0 radical (unpaired) electrons. The lowest BCUT2D eigenvalue weighted by atomic mass is 10.1. The lowest BCUT2D eigenvalue weighted by Gasteiger charge is -2.31. The molecule has 0 aromatic carbocycles. The third-order valence-corrected chi connectivity index (χ3v) is 4.80. The third-order valence-electron chi connectivity index (χ3n) is 3.74. The van der Waals surface area contributed by atoms with Crippen LogP contribution in [0.3, 0.4) is 0 Å². The van der Waals surface area contributed by atoms with Gasteiger partial charge in [0.25, 0.3) is 0 Å². The van der Waals surface area contributed by atoms with E-state index in [0.29, 0.717) is 6.04 Å². The monoisotopic (exact) mass is 289 g/mol. The molecule has 0 saturated carbocycles. The van der Waals surface area contributed by atoms with Crippen LogP contribution in [0.1, 0.15) is 19.3 Å². The summed E-state index contributed by atoms with van der Waals surface area (Å²) < 4.78 is 1.86. The predicted molar refractivity (Wildman–Crippen MR) is 80.1 cm³/mol. The molecule has 1 aliphatic heterocycles. The van der Waals surface area contributed by atoms with E-state index in [1.54, 1.807) is 24.3 Å². The first-order valence-electron chi connectivity index (χ1n) is 6.98. The highest BCUT2D eigenvalue weighted by molar-refractivity contribution is 7.99. The van der Waals surface area contributed by atoms with E-state index >= 15 is 0 Å². The van der Waals surface area contributed by atoms with Gasteiger partial charge in [-0.15, -0.1) is 22.0 Å². The Kier molecular flexibility index (Phi) is 4.32. The second-order valence-electron chi connectivity index (χ2n) is 5.14. The predicted octanol–water partition coefficient (Wildman–Crippen LogP) is 2.24. The van der Waals surface area contributed by atoms with Gasteiger partial charge in [-0.05, 0) is 38.6 Å². The van der Waals surface area contributed by atoms with Crippen LogP contribution in [0.5, 0.6) is 0 Å². The molecule has 0 amide bonds. The maximum atomic E-state index is 4.29. The number of imidazole rings is 1. The Bertz CT molecular complexity index is 525. The SMILES string of the molecule is CN1CCCCC1CSc1ccc(-n2ccnc2)nn1. The molecule has 1 unspecified atom stereocenters. The maximum Gasteiger partial charge on any atom is 0.160 e. The number of thioether (sulfide) groups is 1. The lowest BCUT2D eigenvalue weighted by Crippen LogP contribution is -2.37. The second-order valence-corrected chi connectivity index (χ2v) is 6.18. The van der Waals surface area contributed by atoms with E-state index in [1.807, 2.05) is 22.9 Å². The minimum absolute atomic E-state index is 0.670. The number of rotatable bonds is 4. The largest absolute Gasteiger partial charge is 0.303 e. The van der Waals surface area contributed by atoms with Gasteiger partial charge in [-0.25, -0.2) is 4.98 Å². The van der Waals surface area contributed by atoms with Gasteiger partial charge in [0.1, 0.15) is 11.4 Å². The Balaban J connectivity index is 1.58. The van der Waals surface area contributed by atoms with Crippen LogP contribution in [0.4, 0.5) is 0 Å². The highest BCUT2D eigenvalue weighted by atomic mass is 32.2. The minimum atomic E-state index is 0.670. The molecule has 0 N–H and O–H groups in total. The zero-order chi connectivity index (χ0) is 13.8. The summed E-state index contributed by atoms with van der Waals surface area (Å²) in [5.74, 6) is 1.90. The average Bonchev–Trinajstić information content (AvgIpc) is 3.01. The Morgan fingerprint density at radius 3 is 2.95 bits per heavy atom. The van der Waals surface area contributed by atoms with Crippen LogP contribution in [0.2, 0.25) is 0 Å². The van der Waals surface area contributed by atoms with Crippen molar-refractivity contribution in [1.29, 1.82) is 0 Å². The van der Waals surface area contributed by atoms with Crippen LogP contribution in [0.15, 0.2) is 35.9 Å². The Morgan fingerprint density at radius 1 is 1.30 bits per heavy atom. The normalized spacial score (nSPS) is 20.1. The molecule has 0 spiro atoms. The van der Waals surface area contributed by atoms with Crippen LogP contribution in [0.25, 0.3) is 5.82 Å². The van der Waals surface area contributed by atoms with E-state index in [4.69, 9.17) is 0 Å². The van der Waals surface area contributed by atoms with E-state index in [9.17, 15) is 0 Å². The first-order chi connectivity index (χ1) is 9.83. The number of piperidine rings is 1. The van der Waals surface area contributed by atoms with Crippen molar-refractivity contribution in [2.45, 2.75) is 30.3 Å². The molecule has 1 atom stereocenters. The number of hydrogen-bond donors (Lipinski definition) is 0. The van der Waals surface area contributed by atoms with Gasteiger partial charge >= 0.3 is 0 Å². The zero-order valence-electron chi connectivity index (χ0n) is 11.6. The average molecular weight is 289 g/mol. The molecule has 106 valence electrons. The fourth-order valence-electron chi connectivity index (χ4n) is 2.46. The highest BCUT2D eigenvalue weighted by Gasteiger charge is 2.19. The Morgan fingerprint density at radius 2 is 2.25 bits per heavy atom. The van der Waals surface area contributed by atoms with Gasteiger partial charge in [-0.1, -0.05) is 6.42 Å². The van der Waals surface area contributed by atoms with Crippen molar-refractivity contribution in [3.63, 3.8) is 0 Å². The van der Waals surface area contributed by atoms with Crippen molar-refractivity contribution in [2.24, 2.45) is 0 Å². The summed E-state index contributed by atoms with van der Waals surface area (Å²) in [5.41, 5.74) is 0.